The number of benzene rings is 5. The lowest BCUT2D eigenvalue weighted by Gasteiger charge is -2.24. The lowest BCUT2D eigenvalue weighted by atomic mass is 10.0. The number of aromatic nitrogens is 2. The van der Waals surface area contributed by atoms with Crippen LogP contribution in [0, 0.1) is 0 Å². The van der Waals surface area contributed by atoms with E-state index in [0.29, 0.717) is 22.2 Å². The first-order valence-electron chi connectivity index (χ1n) is 23.3. The zero-order chi connectivity index (χ0) is 55.5. The molecule has 0 aliphatic carbocycles. The number of hydrogen-bond donors (Lipinski definition) is 4. The number of aromatic amines is 1. The molecule has 0 saturated heterocycles. The molecule has 0 saturated carbocycles. The lowest BCUT2D eigenvalue weighted by molar-refractivity contribution is -0.150. The summed E-state index contributed by atoms with van der Waals surface area (Å²) in [7, 11) is 1.59. The van der Waals surface area contributed by atoms with Crippen molar-refractivity contribution in [2.45, 2.75) is 97.7 Å². The molecule has 2 atom stereocenters. The average molecular weight is 1110 g/mol. The standard InChI is InChI=1S/C34H36Cl2N4O7.C20H19Cl2NO5/c1-19(2)46-31(43)27(37-29(41)28-24(35)8-7-9-25(28)36)17-20-10-13-22(14-11-20)40-30(42)23-16-21(12-15-26(23)38-32(40)44)18-39(6)33(45)47-34(3,4)5;1-11(2)28-20(27)16(10-12-6-8-13(9-7-12)19(25)26)23-18(24)17-14(21)4-3-5-15(17)22/h7-16,19,27H,17-18H2,1-6H3,(H,37,41)(H,38,44);3-9,11,16H,10H2,1-2H3,(H,23,24)(H,25,26)/t27-;16-/m00/s1. The summed E-state index contributed by atoms with van der Waals surface area (Å²) in [5.74, 6) is -3.58. The van der Waals surface area contributed by atoms with Gasteiger partial charge < -0.3 is 39.8 Å². The highest BCUT2D eigenvalue weighted by Crippen LogP contribution is 2.26. The number of carboxylic acid groups (broad SMARTS) is 1. The first kappa shape index (κ1) is 58.7. The van der Waals surface area contributed by atoms with Crippen molar-refractivity contribution in [2.75, 3.05) is 7.05 Å². The molecule has 5 aromatic carbocycles. The van der Waals surface area contributed by atoms with E-state index in [1.807, 2.05) is 0 Å². The van der Waals surface area contributed by atoms with Gasteiger partial charge in [0.1, 0.15) is 17.7 Å². The third kappa shape index (κ3) is 16.4. The molecule has 17 nitrogen and oxygen atoms in total. The molecule has 396 valence electrons. The summed E-state index contributed by atoms with van der Waals surface area (Å²) in [5.41, 5.74) is 0.921. The predicted molar refractivity (Wildman–Crippen MR) is 287 cm³/mol. The summed E-state index contributed by atoms with van der Waals surface area (Å²) in [6, 6.07) is 24.6. The van der Waals surface area contributed by atoms with E-state index in [0.717, 1.165) is 4.57 Å². The number of ether oxygens (including phenoxy) is 3. The number of fused-ring (bicyclic) bond motifs is 1. The van der Waals surface area contributed by atoms with Gasteiger partial charge in [0.2, 0.25) is 0 Å². The van der Waals surface area contributed by atoms with Crippen LogP contribution in [0.5, 0.6) is 0 Å². The fourth-order valence-corrected chi connectivity index (χ4v) is 8.35. The number of carboxylic acids is 1. The lowest BCUT2D eigenvalue weighted by Crippen LogP contribution is -2.44. The Morgan fingerprint density at radius 3 is 1.49 bits per heavy atom. The summed E-state index contributed by atoms with van der Waals surface area (Å²) >= 11 is 24.5. The second-order valence-corrected chi connectivity index (χ2v) is 20.2. The van der Waals surface area contributed by atoms with Crippen molar-refractivity contribution in [1.29, 1.82) is 0 Å². The fraction of sp³-hybridized carbons (Fsp3) is 0.296. The Kier molecular flexibility index (Phi) is 20.2. The van der Waals surface area contributed by atoms with Crippen LogP contribution in [-0.2, 0) is 43.2 Å². The maximum absolute atomic E-state index is 13.6. The third-order valence-electron chi connectivity index (χ3n) is 10.6. The van der Waals surface area contributed by atoms with Gasteiger partial charge in [0, 0.05) is 26.4 Å². The summed E-state index contributed by atoms with van der Waals surface area (Å²) in [6.07, 6.45) is -1.16. The first-order chi connectivity index (χ1) is 35.2. The van der Waals surface area contributed by atoms with Crippen molar-refractivity contribution in [3.8, 4) is 5.69 Å². The maximum atomic E-state index is 13.6. The largest absolute Gasteiger partial charge is 0.478 e. The molecule has 0 spiro atoms. The van der Waals surface area contributed by atoms with Crippen molar-refractivity contribution >= 4 is 93.1 Å². The minimum absolute atomic E-state index is 0.0306. The van der Waals surface area contributed by atoms with Gasteiger partial charge in [0.05, 0.1) is 65.6 Å². The molecule has 4 N–H and O–H groups in total. The minimum Gasteiger partial charge on any atom is -0.478 e. The topological polar surface area (TPSA) is 232 Å². The molecule has 0 aliphatic rings. The van der Waals surface area contributed by atoms with E-state index in [2.05, 4.69) is 15.6 Å². The van der Waals surface area contributed by atoms with Gasteiger partial charge in [-0.3, -0.25) is 14.4 Å². The number of hydrogen-bond acceptors (Lipinski definition) is 11. The predicted octanol–water partition coefficient (Wildman–Crippen LogP) is 9.63. The molecule has 0 bridgehead atoms. The second kappa shape index (κ2) is 25.9. The van der Waals surface area contributed by atoms with E-state index in [1.165, 1.54) is 41.3 Å². The van der Waals surface area contributed by atoms with Crippen LogP contribution >= 0.6 is 46.4 Å². The Hall–Kier alpha value is -7.18. The van der Waals surface area contributed by atoms with Crippen LogP contribution in [-0.4, -0.2) is 92.3 Å². The number of rotatable bonds is 16. The second-order valence-electron chi connectivity index (χ2n) is 18.6. The third-order valence-corrected chi connectivity index (χ3v) is 11.9. The summed E-state index contributed by atoms with van der Waals surface area (Å²) in [6.45, 7) is 12.3. The van der Waals surface area contributed by atoms with Crippen molar-refractivity contribution in [3.63, 3.8) is 0 Å². The molecule has 75 heavy (non-hydrogen) atoms. The molecule has 0 unspecified atom stereocenters. The number of H-pyrrole nitrogens is 1. The van der Waals surface area contributed by atoms with Gasteiger partial charge in [-0.15, -0.1) is 0 Å². The number of amides is 3. The number of carbonyl (C=O) groups excluding carboxylic acids is 5. The van der Waals surface area contributed by atoms with E-state index in [9.17, 15) is 38.4 Å². The molecular formula is C54H55Cl4N5O12. The average Bonchev–Trinajstić information content (AvgIpc) is 3.31. The zero-order valence-electron chi connectivity index (χ0n) is 42.1. The Bertz CT molecular complexity index is 3170. The van der Waals surface area contributed by atoms with Gasteiger partial charge in [-0.1, -0.05) is 88.9 Å². The summed E-state index contributed by atoms with van der Waals surface area (Å²) < 4.78 is 17.0. The molecule has 3 amide bonds. The van der Waals surface area contributed by atoms with Crippen LogP contribution in [0.3, 0.4) is 0 Å². The van der Waals surface area contributed by atoms with Gasteiger partial charge in [-0.2, -0.15) is 0 Å². The number of nitrogens with zero attached hydrogens (tertiary/aromatic N) is 2. The Morgan fingerprint density at radius 2 is 1.08 bits per heavy atom. The first-order valence-corrected chi connectivity index (χ1v) is 24.8. The minimum atomic E-state index is -1.09. The van der Waals surface area contributed by atoms with E-state index < -0.39 is 70.9 Å². The Morgan fingerprint density at radius 1 is 0.653 bits per heavy atom. The molecule has 21 heteroatoms. The molecule has 0 aliphatic heterocycles. The Balaban J connectivity index is 0.000000316. The number of esters is 2. The van der Waals surface area contributed by atoms with Gasteiger partial charge >= 0.3 is 29.7 Å². The van der Waals surface area contributed by atoms with Crippen LogP contribution in [0.4, 0.5) is 4.79 Å². The summed E-state index contributed by atoms with van der Waals surface area (Å²) in [5, 5.41) is 15.1. The van der Waals surface area contributed by atoms with Gasteiger partial charge in [-0.25, -0.2) is 28.5 Å². The van der Waals surface area contributed by atoms with E-state index in [1.54, 1.807) is 122 Å². The zero-order valence-corrected chi connectivity index (χ0v) is 45.1. The van der Waals surface area contributed by atoms with Crippen LogP contribution in [0.15, 0.2) is 113 Å². The molecule has 6 aromatic rings. The molecule has 0 radical (unpaired) electrons. The summed E-state index contributed by atoms with van der Waals surface area (Å²) in [4.78, 5) is 105. The molecule has 6 rings (SSSR count). The smallest absolute Gasteiger partial charge is 0.410 e. The van der Waals surface area contributed by atoms with E-state index in [-0.39, 0.29) is 73.3 Å². The number of carbonyl (C=O) groups is 6. The van der Waals surface area contributed by atoms with Crippen molar-refractivity contribution < 1.29 is 48.1 Å². The number of nitrogens with one attached hydrogen (secondary N) is 3. The molecular weight excluding hydrogens is 1050 g/mol. The highest BCUT2D eigenvalue weighted by molar-refractivity contribution is 6.40. The highest BCUT2D eigenvalue weighted by atomic mass is 35.5. The van der Waals surface area contributed by atoms with Crippen molar-refractivity contribution in [1.82, 2.24) is 25.1 Å². The molecule has 1 heterocycles. The van der Waals surface area contributed by atoms with E-state index in [4.69, 9.17) is 65.7 Å². The van der Waals surface area contributed by atoms with Crippen LogP contribution in [0.2, 0.25) is 20.1 Å². The van der Waals surface area contributed by atoms with E-state index >= 15 is 0 Å². The Labute approximate surface area is 452 Å². The number of aromatic carboxylic acids is 1. The van der Waals surface area contributed by atoms with Gasteiger partial charge in [0.15, 0.2) is 0 Å². The normalized spacial score (nSPS) is 12.0. The fourth-order valence-electron chi connectivity index (χ4n) is 7.21. The van der Waals surface area contributed by atoms with Crippen LogP contribution < -0.4 is 21.9 Å². The van der Waals surface area contributed by atoms with Crippen molar-refractivity contribution in [2.24, 2.45) is 0 Å². The molecule has 0 fully saturated rings. The molecule has 1 aromatic heterocycles. The van der Waals surface area contributed by atoms with Gasteiger partial charge in [-0.05, 0) is 126 Å². The number of halogens is 4. The van der Waals surface area contributed by atoms with Crippen LogP contribution in [0.25, 0.3) is 16.6 Å². The quantitative estimate of drug-likeness (QED) is 0.0524. The SMILES string of the molecule is CC(C)OC(=O)[C@H](Cc1ccc(-n2c(=O)[nH]c3ccc(CN(C)C(=O)OC(C)(C)C)cc3c2=O)cc1)NC(=O)c1c(Cl)cccc1Cl.CC(C)OC(=O)[C@H](Cc1ccc(C(=O)O)cc1)NC(=O)c1c(Cl)cccc1Cl. The monoisotopic (exact) mass is 1110 g/mol. The highest BCUT2D eigenvalue weighted by Gasteiger charge is 2.28. The van der Waals surface area contributed by atoms with Crippen molar-refractivity contribution in [3.05, 3.63) is 177 Å². The van der Waals surface area contributed by atoms with Crippen LogP contribution in [0.1, 0.15) is 96.2 Å². The van der Waals surface area contributed by atoms with Gasteiger partial charge in [0.25, 0.3) is 17.4 Å². The maximum Gasteiger partial charge on any atom is 0.410 e.